The van der Waals surface area contributed by atoms with E-state index in [0.29, 0.717) is 5.76 Å². The highest BCUT2D eigenvalue weighted by Gasteiger charge is 2.21. The van der Waals surface area contributed by atoms with Gasteiger partial charge in [0.1, 0.15) is 11.6 Å². The fraction of sp³-hybridized carbons (Fsp3) is 0.214. The zero-order valence-electron chi connectivity index (χ0n) is 11.6. The molecule has 0 aliphatic carbocycles. The quantitative estimate of drug-likeness (QED) is 0.653. The van der Waals surface area contributed by atoms with E-state index in [4.69, 9.17) is 9.15 Å². The molecule has 22 heavy (non-hydrogen) atoms. The number of hydrogen-bond acceptors (Lipinski definition) is 5. The lowest BCUT2D eigenvalue weighted by atomic mass is 10.2. The number of nitro benzene ring substituents is 1. The zero-order valence-corrected chi connectivity index (χ0v) is 11.6. The van der Waals surface area contributed by atoms with Gasteiger partial charge in [-0.3, -0.25) is 14.9 Å². The molecule has 2 rings (SSSR count). The van der Waals surface area contributed by atoms with Crippen molar-refractivity contribution in [1.82, 2.24) is 5.32 Å². The van der Waals surface area contributed by atoms with Crippen molar-refractivity contribution >= 4 is 11.6 Å². The van der Waals surface area contributed by atoms with Gasteiger partial charge in [-0.15, -0.1) is 0 Å². The number of nitro groups is 1. The maximum Gasteiger partial charge on any atom is 0.311 e. The molecule has 8 heteroatoms. The molecule has 0 fully saturated rings. The molecule has 0 aliphatic rings. The predicted octanol–water partition coefficient (Wildman–Crippen LogP) is 2.41. The van der Waals surface area contributed by atoms with Crippen molar-refractivity contribution in [2.45, 2.75) is 19.6 Å². The molecule has 1 atom stereocenters. The molecule has 0 bridgehead atoms. The van der Waals surface area contributed by atoms with E-state index in [1.807, 2.05) is 0 Å². The van der Waals surface area contributed by atoms with Gasteiger partial charge in [-0.25, -0.2) is 4.39 Å². The Balaban J connectivity index is 2.01. The van der Waals surface area contributed by atoms with Crippen molar-refractivity contribution in [3.05, 3.63) is 58.3 Å². The summed E-state index contributed by atoms with van der Waals surface area (Å²) in [5.74, 6) is -0.943. The highest BCUT2D eigenvalue weighted by Crippen LogP contribution is 2.28. The van der Waals surface area contributed by atoms with Crippen molar-refractivity contribution in [3.8, 4) is 5.75 Å². The van der Waals surface area contributed by atoms with E-state index in [9.17, 15) is 19.3 Å². The standard InChI is InChI=1S/C14H13FN2O5/c1-9(14(18)16-8-11-3-2-6-21-11)22-13-7-10(15)4-5-12(13)17(19)20/h2-7,9H,8H2,1H3,(H,16,18)/t9-/m0/s1. The van der Waals surface area contributed by atoms with Gasteiger partial charge in [-0.2, -0.15) is 0 Å². The van der Waals surface area contributed by atoms with E-state index in [0.717, 1.165) is 18.2 Å². The monoisotopic (exact) mass is 308 g/mol. The molecule has 0 saturated heterocycles. The molecule has 1 N–H and O–H groups in total. The molecule has 0 aliphatic heterocycles. The molecule has 116 valence electrons. The highest BCUT2D eigenvalue weighted by molar-refractivity contribution is 5.80. The van der Waals surface area contributed by atoms with Gasteiger partial charge in [-0.05, 0) is 25.1 Å². The minimum atomic E-state index is -1.03. The normalized spacial score (nSPS) is 11.7. The molecule has 1 amide bonds. The number of hydrogen-bond donors (Lipinski definition) is 1. The van der Waals surface area contributed by atoms with Crippen LogP contribution in [0.15, 0.2) is 41.0 Å². The predicted molar refractivity (Wildman–Crippen MR) is 73.7 cm³/mol. The third-order valence-electron chi connectivity index (χ3n) is 2.81. The molecule has 1 heterocycles. The number of nitrogens with zero attached hydrogens (tertiary/aromatic N) is 1. The average Bonchev–Trinajstić information content (AvgIpc) is 2.97. The summed E-state index contributed by atoms with van der Waals surface area (Å²) in [5.41, 5.74) is -0.410. The molecule has 0 saturated carbocycles. The van der Waals surface area contributed by atoms with Crippen LogP contribution in [0.25, 0.3) is 0 Å². The maximum atomic E-state index is 13.2. The van der Waals surface area contributed by atoms with Crippen molar-refractivity contribution in [1.29, 1.82) is 0 Å². The van der Waals surface area contributed by atoms with Crippen molar-refractivity contribution in [2.24, 2.45) is 0 Å². The first kappa shape index (κ1) is 15.5. The van der Waals surface area contributed by atoms with Crippen molar-refractivity contribution < 1.29 is 23.3 Å². The Hall–Kier alpha value is -2.90. The number of halogens is 1. The number of furan rings is 1. The highest BCUT2D eigenvalue weighted by atomic mass is 19.1. The topological polar surface area (TPSA) is 94.6 Å². The first-order chi connectivity index (χ1) is 10.5. The second kappa shape index (κ2) is 6.70. The molecule has 1 aromatic heterocycles. The van der Waals surface area contributed by atoms with E-state index in [1.54, 1.807) is 12.1 Å². The third kappa shape index (κ3) is 3.81. The van der Waals surface area contributed by atoms with Crippen LogP contribution in [0.4, 0.5) is 10.1 Å². The Labute approximate surface area is 124 Å². The van der Waals surface area contributed by atoms with Gasteiger partial charge >= 0.3 is 5.69 Å². The number of amides is 1. The minimum Gasteiger partial charge on any atom is -0.474 e. The van der Waals surface area contributed by atoms with E-state index < -0.39 is 28.4 Å². The Bertz CT molecular complexity index is 672. The largest absolute Gasteiger partial charge is 0.474 e. The first-order valence-electron chi connectivity index (χ1n) is 6.38. The molecule has 1 aromatic carbocycles. The second-order valence-electron chi connectivity index (χ2n) is 4.43. The number of carbonyl (C=O) groups excluding carboxylic acids is 1. The van der Waals surface area contributed by atoms with Gasteiger partial charge in [0.15, 0.2) is 6.10 Å². The van der Waals surface area contributed by atoms with Crippen LogP contribution < -0.4 is 10.1 Å². The van der Waals surface area contributed by atoms with Crippen LogP contribution in [0.5, 0.6) is 5.75 Å². The smallest absolute Gasteiger partial charge is 0.311 e. The molecule has 7 nitrogen and oxygen atoms in total. The number of nitrogens with one attached hydrogen (secondary N) is 1. The lowest BCUT2D eigenvalue weighted by Gasteiger charge is -2.14. The average molecular weight is 308 g/mol. The van der Waals surface area contributed by atoms with Crippen LogP contribution in [0.2, 0.25) is 0 Å². The SMILES string of the molecule is C[C@H](Oc1cc(F)ccc1[N+](=O)[O-])C(=O)NCc1ccco1. The van der Waals surface area contributed by atoms with E-state index in [-0.39, 0.29) is 12.3 Å². The van der Waals surface area contributed by atoms with Crippen LogP contribution in [0.1, 0.15) is 12.7 Å². The van der Waals surface area contributed by atoms with E-state index >= 15 is 0 Å². The lowest BCUT2D eigenvalue weighted by Crippen LogP contribution is -2.35. The zero-order chi connectivity index (χ0) is 16.1. The fourth-order valence-corrected chi connectivity index (χ4v) is 1.71. The van der Waals surface area contributed by atoms with Gasteiger partial charge in [0.25, 0.3) is 5.91 Å². The molecular formula is C14H13FN2O5. The van der Waals surface area contributed by atoms with E-state index in [2.05, 4.69) is 5.32 Å². The van der Waals surface area contributed by atoms with Crippen LogP contribution in [0.3, 0.4) is 0 Å². The summed E-state index contributed by atoms with van der Waals surface area (Å²) in [6.07, 6.45) is 0.438. The van der Waals surface area contributed by atoms with Gasteiger partial charge in [-0.1, -0.05) is 0 Å². The molecular weight excluding hydrogens is 295 g/mol. The second-order valence-corrected chi connectivity index (χ2v) is 4.43. The summed E-state index contributed by atoms with van der Waals surface area (Å²) < 4.78 is 23.4. The van der Waals surface area contributed by atoms with Crippen LogP contribution in [-0.2, 0) is 11.3 Å². The van der Waals surface area contributed by atoms with E-state index in [1.165, 1.54) is 13.2 Å². The Morgan fingerprint density at radius 2 is 2.27 bits per heavy atom. The molecule has 2 aromatic rings. The van der Waals surface area contributed by atoms with Gasteiger partial charge < -0.3 is 14.5 Å². The summed E-state index contributed by atoms with van der Waals surface area (Å²) in [6.45, 7) is 1.57. The van der Waals surface area contributed by atoms with Crippen LogP contribution in [-0.4, -0.2) is 16.9 Å². The third-order valence-corrected chi connectivity index (χ3v) is 2.81. The number of ether oxygens (including phenoxy) is 1. The summed E-state index contributed by atoms with van der Waals surface area (Å²) in [7, 11) is 0. The van der Waals surface area contributed by atoms with Crippen molar-refractivity contribution in [3.63, 3.8) is 0 Å². The van der Waals surface area contributed by atoms with Gasteiger partial charge in [0.2, 0.25) is 5.75 Å². The molecule has 0 spiro atoms. The first-order valence-corrected chi connectivity index (χ1v) is 6.38. The molecule has 0 unspecified atom stereocenters. The lowest BCUT2D eigenvalue weighted by molar-refractivity contribution is -0.386. The summed E-state index contributed by atoms with van der Waals surface area (Å²) >= 11 is 0. The fourth-order valence-electron chi connectivity index (χ4n) is 1.71. The van der Waals surface area contributed by atoms with Gasteiger partial charge in [0, 0.05) is 12.1 Å². The van der Waals surface area contributed by atoms with Crippen LogP contribution in [0, 0.1) is 15.9 Å². The Kier molecular flexibility index (Phi) is 4.72. The van der Waals surface area contributed by atoms with Gasteiger partial charge in [0.05, 0.1) is 17.7 Å². The Morgan fingerprint density at radius 3 is 2.91 bits per heavy atom. The summed E-state index contributed by atoms with van der Waals surface area (Å²) in [6, 6.07) is 6.17. The maximum absolute atomic E-state index is 13.2. The summed E-state index contributed by atoms with van der Waals surface area (Å²) in [4.78, 5) is 22.0. The number of rotatable bonds is 6. The van der Waals surface area contributed by atoms with Crippen molar-refractivity contribution in [2.75, 3.05) is 0 Å². The molecule has 0 radical (unpaired) electrons. The minimum absolute atomic E-state index is 0.158. The number of benzene rings is 1. The number of carbonyl (C=O) groups is 1. The summed E-state index contributed by atoms with van der Waals surface area (Å²) in [5, 5.41) is 13.4. The van der Waals surface area contributed by atoms with Crippen LogP contribution >= 0.6 is 0 Å². The Morgan fingerprint density at radius 1 is 1.50 bits per heavy atom.